The first-order chi connectivity index (χ1) is 11.5. The number of hydrogen-bond donors (Lipinski definition) is 0. The summed E-state index contributed by atoms with van der Waals surface area (Å²) in [5.74, 6) is 0. The van der Waals surface area contributed by atoms with E-state index in [-0.39, 0.29) is 0 Å². The van der Waals surface area contributed by atoms with Crippen molar-refractivity contribution in [2.75, 3.05) is 0 Å². The maximum absolute atomic E-state index is 11.1. The summed E-state index contributed by atoms with van der Waals surface area (Å²) in [7, 11) is 0. The number of nitrogens with zero attached hydrogens (tertiary/aromatic N) is 2. The summed E-state index contributed by atoms with van der Waals surface area (Å²) in [4.78, 5) is 11.1. The quantitative estimate of drug-likeness (QED) is 0.598. The number of fused-ring (bicyclic) bond motifs is 1. The van der Waals surface area contributed by atoms with Crippen molar-refractivity contribution in [1.82, 2.24) is 4.57 Å². The van der Waals surface area contributed by atoms with Gasteiger partial charge in [-0.1, -0.05) is 23.2 Å². The third-order valence-corrected chi connectivity index (χ3v) is 4.96. The van der Waals surface area contributed by atoms with Crippen LogP contribution in [0.15, 0.2) is 30.5 Å². The van der Waals surface area contributed by atoms with Crippen LogP contribution in [-0.4, -0.2) is 10.9 Å². The molecule has 0 spiro atoms. The van der Waals surface area contributed by atoms with Crippen molar-refractivity contribution in [2.45, 2.75) is 20.4 Å². The van der Waals surface area contributed by atoms with Crippen LogP contribution in [0, 0.1) is 25.2 Å². The molecule has 3 aromatic rings. The summed E-state index contributed by atoms with van der Waals surface area (Å²) in [6.45, 7) is 4.44. The summed E-state index contributed by atoms with van der Waals surface area (Å²) < 4.78 is 2.06. The summed E-state index contributed by atoms with van der Waals surface area (Å²) in [5, 5.41) is 11.1. The van der Waals surface area contributed by atoms with Crippen LogP contribution < -0.4 is 0 Å². The Kier molecular flexibility index (Phi) is 4.36. The van der Waals surface area contributed by atoms with Crippen LogP contribution in [0.2, 0.25) is 10.0 Å². The lowest BCUT2D eigenvalue weighted by Gasteiger charge is -2.12. The van der Waals surface area contributed by atoms with Crippen molar-refractivity contribution in [1.29, 1.82) is 5.26 Å². The van der Waals surface area contributed by atoms with Crippen molar-refractivity contribution < 1.29 is 4.79 Å². The lowest BCUT2D eigenvalue weighted by atomic mass is 10.1. The molecule has 0 atom stereocenters. The molecule has 0 unspecified atom stereocenters. The molecular weight excluding hydrogens is 343 g/mol. The molecule has 5 heteroatoms. The molecule has 0 N–H and O–H groups in total. The van der Waals surface area contributed by atoms with E-state index < -0.39 is 0 Å². The van der Waals surface area contributed by atoms with Crippen LogP contribution in [0.25, 0.3) is 10.9 Å². The predicted molar refractivity (Wildman–Crippen MR) is 97.1 cm³/mol. The van der Waals surface area contributed by atoms with Crippen LogP contribution in [0.4, 0.5) is 0 Å². The summed E-state index contributed by atoms with van der Waals surface area (Å²) >= 11 is 12.6. The van der Waals surface area contributed by atoms with Crippen LogP contribution in [0.3, 0.4) is 0 Å². The lowest BCUT2D eigenvalue weighted by molar-refractivity contribution is 0.112. The van der Waals surface area contributed by atoms with Gasteiger partial charge < -0.3 is 4.57 Å². The van der Waals surface area contributed by atoms with E-state index >= 15 is 0 Å². The molecule has 0 radical (unpaired) electrons. The highest BCUT2D eigenvalue weighted by atomic mass is 35.5. The molecule has 1 aromatic heterocycles. The number of aryl methyl sites for hydroxylation is 2. The summed E-state index contributed by atoms with van der Waals surface area (Å²) in [6.07, 6.45) is 2.74. The lowest BCUT2D eigenvalue weighted by Crippen LogP contribution is -2.02. The topological polar surface area (TPSA) is 45.8 Å². The molecule has 0 aliphatic heterocycles. The van der Waals surface area contributed by atoms with Gasteiger partial charge in [0.05, 0.1) is 28.7 Å². The molecule has 0 aliphatic carbocycles. The Bertz CT molecular complexity index is 1010. The van der Waals surface area contributed by atoms with Gasteiger partial charge in [0.1, 0.15) is 0 Å². The van der Waals surface area contributed by atoms with Gasteiger partial charge in [0.25, 0.3) is 0 Å². The smallest absolute Gasteiger partial charge is 0.151 e. The second-order valence-corrected chi connectivity index (χ2v) is 6.57. The molecule has 3 rings (SSSR count). The maximum atomic E-state index is 11.1. The predicted octanol–water partition coefficient (Wildman–Crippen LogP) is 5.30. The number of rotatable bonds is 3. The zero-order valence-corrected chi connectivity index (χ0v) is 14.7. The van der Waals surface area contributed by atoms with E-state index in [1.54, 1.807) is 12.1 Å². The highest BCUT2D eigenvalue weighted by molar-refractivity contribution is 6.37. The van der Waals surface area contributed by atoms with Gasteiger partial charge in [-0.3, -0.25) is 4.79 Å². The molecule has 0 saturated carbocycles. The van der Waals surface area contributed by atoms with Crippen molar-refractivity contribution >= 4 is 40.4 Å². The van der Waals surface area contributed by atoms with Gasteiger partial charge in [0.2, 0.25) is 0 Å². The number of carbonyl (C=O) groups is 1. The van der Waals surface area contributed by atoms with Gasteiger partial charge in [-0.25, -0.2) is 0 Å². The monoisotopic (exact) mass is 356 g/mol. The number of aromatic nitrogens is 1. The van der Waals surface area contributed by atoms with E-state index in [0.29, 0.717) is 33.3 Å². The number of carbonyl (C=O) groups excluding carboxylic acids is 1. The van der Waals surface area contributed by atoms with E-state index in [1.807, 2.05) is 32.2 Å². The minimum Gasteiger partial charge on any atom is -0.342 e. The Hall–Kier alpha value is -2.28. The first kappa shape index (κ1) is 16.6. The Morgan fingerprint density at radius 2 is 1.96 bits per heavy atom. The van der Waals surface area contributed by atoms with Crippen molar-refractivity contribution in [3.63, 3.8) is 0 Å². The fourth-order valence-electron chi connectivity index (χ4n) is 3.04. The van der Waals surface area contributed by atoms with E-state index in [0.717, 1.165) is 28.3 Å². The third-order valence-electron chi connectivity index (χ3n) is 4.16. The molecule has 0 aliphatic rings. The van der Waals surface area contributed by atoms with Gasteiger partial charge in [0.15, 0.2) is 6.29 Å². The second kappa shape index (κ2) is 6.32. The maximum Gasteiger partial charge on any atom is 0.151 e. The summed E-state index contributed by atoms with van der Waals surface area (Å²) in [5.41, 5.74) is 4.89. The Labute approximate surface area is 150 Å². The fraction of sp³-hybridized carbons (Fsp3) is 0.158. The zero-order valence-electron chi connectivity index (χ0n) is 13.2. The number of nitriles is 1. The summed E-state index contributed by atoms with van der Waals surface area (Å²) in [6, 6.07) is 9.24. The molecule has 0 fully saturated rings. The number of halogens is 2. The van der Waals surface area contributed by atoms with Crippen LogP contribution in [-0.2, 0) is 6.54 Å². The SMILES string of the molecule is Cc1cn(Cc2c(Cl)ccc(C=O)c2Cl)c2c(C)cc(C#N)cc12. The highest BCUT2D eigenvalue weighted by Gasteiger charge is 2.15. The number of aldehydes is 1. The van der Waals surface area contributed by atoms with Gasteiger partial charge in [-0.15, -0.1) is 0 Å². The number of hydrogen-bond acceptors (Lipinski definition) is 2. The molecule has 24 heavy (non-hydrogen) atoms. The van der Waals surface area contributed by atoms with Gasteiger partial charge in [-0.2, -0.15) is 5.26 Å². The molecule has 0 amide bonds. The fourth-order valence-corrected chi connectivity index (χ4v) is 3.58. The van der Waals surface area contributed by atoms with Crippen LogP contribution in [0.5, 0.6) is 0 Å². The zero-order chi connectivity index (χ0) is 17.4. The Morgan fingerprint density at radius 3 is 2.62 bits per heavy atom. The Balaban J connectivity index is 2.19. The standard InChI is InChI=1S/C19H14Cl2N2O/c1-11-5-13(7-22)6-15-12(2)8-23(19(11)15)9-16-17(20)4-3-14(10-24)18(16)21/h3-6,8,10H,9H2,1-2H3. The van der Waals surface area contributed by atoms with Gasteiger partial charge >= 0.3 is 0 Å². The van der Waals surface area contributed by atoms with Crippen LogP contribution in [0.1, 0.15) is 32.6 Å². The molecule has 120 valence electrons. The molecule has 3 nitrogen and oxygen atoms in total. The molecule has 2 aromatic carbocycles. The molecular formula is C19H14Cl2N2O. The van der Waals surface area contributed by atoms with E-state index in [4.69, 9.17) is 28.5 Å². The van der Waals surface area contributed by atoms with Crippen LogP contribution >= 0.6 is 23.2 Å². The second-order valence-electron chi connectivity index (χ2n) is 5.79. The van der Waals surface area contributed by atoms with Gasteiger partial charge in [-0.05, 0) is 49.2 Å². The average molecular weight is 357 g/mol. The Morgan fingerprint density at radius 1 is 1.21 bits per heavy atom. The normalized spacial score (nSPS) is 10.8. The van der Waals surface area contributed by atoms with Crippen molar-refractivity contribution in [3.05, 3.63) is 68.3 Å². The first-order valence-electron chi connectivity index (χ1n) is 7.38. The highest BCUT2D eigenvalue weighted by Crippen LogP contribution is 2.31. The molecule has 0 bridgehead atoms. The van der Waals surface area contributed by atoms with E-state index in [2.05, 4.69) is 10.6 Å². The minimum absolute atomic E-state index is 0.378. The van der Waals surface area contributed by atoms with Crippen molar-refractivity contribution in [2.24, 2.45) is 0 Å². The minimum atomic E-state index is 0.378. The van der Waals surface area contributed by atoms with Crippen molar-refractivity contribution in [3.8, 4) is 6.07 Å². The van der Waals surface area contributed by atoms with E-state index in [1.165, 1.54) is 0 Å². The van der Waals surface area contributed by atoms with Gasteiger partial charge in [0, 0.05) is 27.7 Å². The average Bonchev–Trinajstić information content (AvgIpc) is 2.88. The third kappa shape index (κ3) is 2.69. The first-order valence-corrected chi connectivity index (χ1v) is 8.14. The molecule has 1 heterocycles. The largest absolute Gasteiger partial charge is 0.342 e. The van der Waals surface area contributed by atoms with E-state index in [9.17, 15) is 4.79 Å². The molecule has 0 saturated heterocycles. The number of benzene rings is 2.